The van der Waals surface area contributed by atoms with Crippen molar-refractivity contribution in [1.29, 1.82) is 0 Å². The third-order valence-electron chi connectivity index (χ3n) is 3.22. The summed E-state index contributed by atoms with van der Waals surface area (Å²) in [5.41, 5.74) is 13.6. The lowest BCUT2D eigenvalue weighted by Crippen LogP contribution is -2.09. The van der Waals surface area contributed by atoms with Crippen LogP contribution in [0, 0.1) is 0 Å². The molecule has 0 amide bonds. The van der Waals surface area contributed by atoms with Gasteiger partial charge in [0.05, 0.1) is 0 Å². The molecule has 0 unspecified atom stereocenters. The quantitative estimate of drug-likeness (QED) is 0.552. The summed E-state index contributed by atoms with van der Waals surface area (Å²) < 4.78 is 0. The minimum Gasteiger partial charge on any atom is -0.473 e. The second-order valence-electron chi connectivity index (χ2n) is 5.23. The molecular weight excluding hydrogens is 308 g/mol. The predicted octanol–water partition coefficient (Wildman–Crippen LogP) is 2.38. The maximum atomic E-state index is 9.10. The number of carbonyl (C=O) groups is 2. The first-order chi connectivity index (χ1) is 11.5. The Morgan fingerprint density at radius 3 is 1.42 bits per heavy atom. The molecule has 0 atom stereocenters. The first kappa shape index (κ1) is 21.8. The molecule has 0 saturated heterocycles. The highest BCUT2D eigenvalue weighted by Crippen LogP contribution is 2.14. The van der Waals surface area contributed by atoms with Gasteiger partial charge in [-0.25, -0.2) is 9.59 Å². The third-order valence-corrected chi connectivity index (χ3v) is 3.22. The van der Waals surface area contributed by atoms with E-state index in [0.29, 0.717) is 0 Å². The van der Waals surface area contributed by atoms with Gasteiger partial charge in [0.25, 0.3) is 0 Å². The third kappa shape index (κ3) is 12.4. The molecule has 0 aromatic rings. The zero-order valence-electron chi connectivity index (χ0n) is 14.0. The summed E-state index contributed by atoms with van der Waals surface area (Å²) in [6.45, 7) is 1.62. The van der Waals surface area contributed by atoms with Crippen molar-refractivity contribution >= 4 is 11.9 Å². The Balaban J connectivity index is 0.000000340. The van der Waals surface area contributed by atoms with Gasteiger partial charge in [0.2, 0.25) is 0 Å². The normalized spacial score (nSPS) is 14.1. The molecule has 6 heteroatoms. The van der Waals surface area contributed by atoms with Crippen LogP contribution in [-0.4, -0.2) is 35.2 Å². The van der Waals surface area contributed by atoms with E-state index in [1.165, 1.54) is 11.1 Å². The molecule has 134 valence electrons. The minimum absolute atomic E-state index is 0.811. The second-order valence-corrected chi connectivity index (χ2v) is 5.23. The van der Waals surface area contributed by atoms with E-state index in [0.717, 1.165) is 51.6 Å². The molecule has 6 N–H and O–H groups in total. The molecule has 0 aliphatic heterocycles. The van der Waals surface area contributed by atoms with Gasteiger partial charge in [0, 0.05) is 0 Å². The Labute approximate surface area is 143 Å². The summed E-state index contributed by atoms with van der Waals surface area (Å²) in [5.74, 6) is -3.65. The van der Waals surface area contributed by atoms with Crippen LogP contribution in [0.4, 0.5) is 0 Å². The maximum absolute atomic E-state index is 9.10. The van der Waals surface area contributed by atoms with E-state index >= 15 is 0 Å². The van der Waals surface area contributed by atoms with E-state index < -0.39 is 11.9 Å². The van der Waals surface area contributed by atoms with Gasteiger partial charge in [-0.05, 0) is 51.6 Å². The van der Waals surface area contributed by atoms with Crippen molar-refractivity contribution in [2.24, 2.45) is 11.5 Å². The van der Waals surface area contributed by atoms with Crippen molar-refractivity contribution in [3.05, 3.63) is 47.6 Å². The van der Waals surface area contributed by atoms with Gasteiger partial charge in [-0.1, -0.05) is 47.6 Å². The largest absolute Gasteiger partial charge is 0.473 e. The van der Waals surface area contributed by atoms with Crippen LogP contribution in [-0.2, 0) is 9.59 Å². The standard InChI is InChI=1S/2C8H13N.C2H2O4/c2*9-7-3-6-8-4-1-2-5-8;3-1(4)2(5)6/h2*1,4-5H,2-3,6-7,9H2;(H,3,4)(H,5,6). The van der Waals surface area contributed by atoms with Gasteiger partial charge in [0.1, 0.15) is 0 Å². The van der Waals surface area contributed by atoms with E-state index in [1.54, 1.807) is 0 Å². The van der Waals surface area contributed by atoms with Gasteiger partial charge in [-0.15, -0.1) is 0 Å². The molecule has 0 aromatic heterocycles. The summed E-state index contributed by atoms with van der Waals surface area (Å²) >= 11 is 0. The summed E-state index contributed by atoms with van der Waals surface area (Å²) in [7, 11) is 0. The first-order valence-corrected chi connectivity index (χ1v) is 8.08. The molecule has 2 aliphatic carbocycles. The van der Waals surface area contributed by atoms with Crippen LogP contribution in [0.1, 0.15) is 38.5 Å². The van der Waals surface area contributed by atoms with Gasteiger partial charge in [-0.2, -0.15) is 0 Å². The number of carboxylic acid groups (broad SMARTS) is 2. The Morgan fingerprint density at radius 1 is 0.833 bits per heavy atom. The van der Waals surface area contributed by atoms with E-state index in [4.69, 9.17) is 31.3 Å². The Bertz CT molecular complexity index is 459. The van der Waals surface area contributed by atoms with Gasteiger partial charge in [0.15, 0.2) is 0 Å². The molecule has 0 aromatic carbocycles. The highest BCUT2D eigenvalue weighted by molar-refractivity contribution is 6.27. The van der Waals surface area contributed by atoms with Crippen molar-refractivity contribution in [2.45, 2.75) is 38.5 Å². The molecule has 24 heavy (non-hydrogen) atoms. The van der Waals surface area contributed by atoms with Crippen molar-refractivity contribution < 1.29 is 19.8 Å². The summed E-state index contributed by atoms with van der Waals surface area (Å²) in [5, 5.41) is 14.8. The number of nitrogens with two attached hydrogens (primary N) is 2. The average molecular weight is 336 g/mol. The number of hydrogen-bond acceptors (Lipinski definition) is 4. The lowest BCUT2D eigenvalue weighted by Gasteiger charge is -1.94. The van der Waals surface area contributed by atoms with Crippen LogP contribution in [0.5, 0.6) is 0 Å². The van der Waals surface area contributed by atoms with E-state index in [-0.39, 0.29) is 0 Å². The molecule has 6 nitrogen and oxygen atoms in total. The molecule has 2 aliphatic rings. The van der Waals surface area contributed by atoms with E-state index in [2.05, 4.69) is 36.5 Å². The first-order valence-electron chi connectivity index (χ1n) is 8.08. The Hall–Kier alpha value is -2.18. The van der Waals surface area contributed by atoms with Crippen molar-refractivity contribution in [3.63, 3.8) is 0 Å². The fourth-order valence-corrected chi connectivity index (χ4v) is 2.00. The highest BCUT2D eigenvalue weighted by atomic mass is 16.4. The van der Waals surface area contributed by atoms with Gasteiger partial charge in [-0.3, -0.25) is 0 Å². The topological polar surface area (TPSA) is 127 Å². The van der Waals surface area contributed by atoms with Crippen LogP contribution >= 0.6 is 0 Å². The molecule has 0 saturated carbocycles. The number of hydrogen-bond donors (Lipinski definition) is 4. The zero-order chi connectivity index (χ0) is 18.2. The number of aliphatic carboxylic acids is 2. The lowest BCUT2D eigenvalue weighted by atomic mass is 10.1. The summed E-state index contributed by atoms with van der Waals surface area (Å²) in [6, 6.07) is 0. The number of carboxylic acids is 2. The van der Waals surface area contributed by atoms with Crippen LogP contribution in [0.2, 0.25) is 0 Å². The fourth-order valence-electron chi connectivity index (χ4n) is 2.00. The molecule has 0 spiro atoms. The average Bonchev–Trinajstić information content (AvgIpc) is 3.25. The summed E-state index contributed by atoms with van der Waals surface area (Å²) in [6.07, 6.45) is 20.1. The molecule has 0 bridgehead atoms. The van der Waals surface area contributed by atoms with Crippen LogP contribution < -0.4 is 11.5 Å². The highest BCUT2D eigenvalue weighted by Gasteiger charge is 2.04. The molecule has 0 radical (unpaired) electrons. The minimum atomic E-state index is -1.82. The number of rotatable bonds is 6. The van der Waals surface area contributed by atoms with Gasteiger partial charge < -0.3 is 21.7 Å². The van der Waals surface area contributed by atoms with E-state index in [9.17, 15) is 0 Å². The van der Waals surface area contributed by atoms with Crippen LogP contribution in [0.3, 0.4) is 0 Å². The monoisotopic (exact) mass is 336 g/mol. The van der Waals surface area contributed by atoms with Crippen molar-refractivity contribution in [3.8, 4) is 0 Å². The predicted molar refractivity (Wildman–Crippen MR) is 95.5 cm³/mol. The molecule has 0 heterocycles. The maximum Gasteiger partial charge on any atom is 0.414 e. The fraction of sp³-hybridized carbons (Fsp3) is 0.444. The molecule has 2 rings (SSSR count). The smallest absolute Gasteiger partial charge is 0.414 e. The SMILES string of the molecule is NCCCC1=CCC=C1.NCCCC1=CCC=C1.O=C(O)C(=O)O. The van der Waals surface area contributed by atoms with Crippen molar-refractivity contribution in [1.82, 2.24) is 0 Å². The molecule has 0 fully saturated rings. The van der Waals surface area contributed by atoms with Crippen LogP contribution in [0.15, 0.2) is 47.6 Å². The van der Waals surface area contributed by atoms with Crippen molar-refractivity contribution in [2.75, 3.05) is 13.1 Å². The Morgan fingerprint density at radius 2 is 1.21 bits per heavy atom. The van der Waals surface area contributed by atoms with E-state index in [1.807, 2.05) is 0 Å². The lowest BCUT2D eigenvalue weighted by molar-refractivity contribution is -0.159. The zero-order valence-corrected chi connectivity index (χ0v) is 14.0. The summed E-state index contributed by atoms with van der Waals surface area (Å²) in [4.78, 5) is 18.2. The number of allylic oxidation sites excluding steroid dienone is 8. The molecular formula is C18H28N2O4. The second kappa shape index (κ2) is 14.4. The Kier molecular flexibility index (Phi) is 13.1. The van der Waals surface area contributed by atoms with Gasteiger partial charge >= 0.3 is 11.9 Å². The van der Waals surface area contributed by atoms with Crippen LogP contribution in [0.25, 0.3) is 0 Å².